The predicted molar refractivity (Wildman–Crippen MR) is 65.2 cm³/mol. The van der Waals surface area contributed by atoms with Gasteiger partial charge in [0.05, 0.1) is 0 Å². The first-order chi connectivity index (χ1) is 7.29. The zero-order valence-electron chi connectivity index (χ0n) is 7.57. The van der Waals surface area contributed by atoms with Gasteiger partial charge in [0.15, 0.2) is 0 Å². The SMILES string of the molecule is O=c1c([S-])c([S-])c1=O.O=c1c([S-])c([S-])c1=O.[Cu+2]. The van der Waals surface area contributed by atoms with Crippen molar-refractivity contribution < 1.29 is 17.1 Å². The van der Waals surface area contributed by atoms with Crippen LogP contribution in [0.3, 0.4) is 0 Å². The van der Waals surface area contributed by atoms with Gasteiger partial charge in [0.2, 0.25) is 21.7 Å². The van der Waals surface area contributed by atoms with Crippen LogP contribution in [0.15, 0.2) is 38.8 Å². The molecule has 0 saturated heterocycles. The van der Waals surface area contributed by atoms with E-state index in [0.717, 1.165) is 0 Å². The van der Waals surface area contributed by atoms with Gasteiger partial charge in [-0.2, -0.15) is 0 Å². The molecule has 0 heterocycles. The molecule has 0 saturated carbocycles. The molecule has 0 N–H and O–H groups in total. The van der Waals surface area contributed by atoms with Crippen molar-refractivity contribution in [3.8, 4) is 0 Å². The summed E-state index contributed by atoms with van der Waals surface area (Å²) in [4.78, 5) is 40.8. The summed E-state index contributed by atoms with van der Waals surface area (Å²) in [5.41, 5.74) is -2.43. The Balaban J connectivity index is 0.000000284. The normalized spacial score (nSPS) is 9.41. The first-order valence-electron chi connectivity index (χ1n) is 3.63. The van der Waals surface area contributed by atoms with Crippen LogP contribution in [-0.4, -0.2) is 0 Å². The van der Waals surface area contributed by atoms with E-state index in [1.165, 1.54) is 0 Å². The molecule has 9 heteroatoms. The summed E-state index contributed by atoms with van der Waals surface area (Å²) in [6.07, 6.45) is 0. The van der Waals surface area contributed by atoms with E-state index in [-0.39, 0.29) is 36.7 Å². The fourth-order valence-corrected chi connectivity index (χ4v) is 1.44. The number of hydrogen-bond donors (Lipinski definition) is 0. The third-order valence-corrected chi connectivity index (χ3v) is 3.47. The van der Waals surface area contributed by atoms with Crippen molar-refractivity contribution in [3.63, 3.8) is 0 Å². The van der Waals surface area contributed by atoms with Crippen molar-refractivity contribution in [3.05, 3.63) is 40.9 Å². The summed E-state index contributed by atoms with van der Waals surface area (Å²) < 4.78 is 0. The molecule has 0 aliphatic rings. The topological polar surface area (TPSA) is 68.3 Å². The molecule has 0 unspecified atom stereocenters. The van der Waals surface area contributed by atoms with E-state index >= 15 is 0 Å². The van der Waals surface area contributed by atoms with Gasteiger partial charge >= 0.3 is 17.1 Å². The first kappa shape index (κ1) is 16.6. The average Bonchev–Trinajstić information content (AvgIpc) is 2.34. The number of rotatable bonds is 0. The molecule has 4 nitrogen and oxygen atoms in total. The van der Waals surface area contributed by atoms with Gasteiger partial charge in [-0.15, -0.1) is 19.6 Å². The van der Waals surface area contributed by atoms with Gasteiger partial charge in [-0.25, -0.2) is 0 Å². The Hall–Kier alpha value is -0.441. The minimum absolute atomic E-state index is 0. The van der Waals surface area contributed by atoms with Crippen molar-refractivity contribution in [2.45, 2.75) is 19.6 Å². The van der Waals surface area contributed by atoms with E-state index in [1.807, 2.05) is 0 Å². The van der Waals surface area contributed by atoms with E-state index in [9.17, 15) is 19.2 Å². The Morgan fingerprint density at radius 3 is 0.647 bits per heavy atom. The third-order valence-electron chi connectivity index (χ3n) is 1.65. The third kappa shape index (κ3) is 2.87. The molecular formula is C8CuO4S4-2. The Bertz CT molecular complexity index is 571. The van der Waals surface area contributed by atoms with Gasteiger partial charge in [-0.1, -0.05) is 0 Å². The van der Waals surface area contributed by atoms with Gasteiger partial charge < -0.3 is 50.5 Å². The molecule has 2 rings (SSSR count). The van der Waals surface area contributed by atoms with Gasteiger partial charge in [-0.3, -0.25) is 19.2 Å². The summed E-state index contributed by atoms with van der Waals surface area (Å²) in [6, 6.07) is 0. The second-order valence-corrected chi connectivity index (χ2v) is 4.27. The minimum atomic E-state index is -0.606. The van der Waals surface area contributed by atoms with Crippen LogP contribution in [0, 0.1) is 0 Å². The molecule has 93 valence electrons. The zero-order valence-corrected chi connectivity index (χ0v) is 11.8. The van der Waals surface area contributed by atoms with Crippen molar-refractivity contribution in [1.82, 2.24) is 0 Å². The zero-order chi connectivity index (χ0) is 12.6. The van der Waals surface area contributed by atoms with Gasteiger partial charge in [0.25, 0.3) is 0 Å². The van der Waals surface area contributed by atoms with E-state index in [2.05, 4.69) is 50.5 Å². The summed E-state index contributed by atoms with van der Waals surface area (Å²) in [5, 5.41) is 0. The molecule has 0 bridgehead atoms. The van der Waals surface area contributed by atoms with Crippen LogP contribution < -0.4 is 21.7 Å². The fraction of sp³-hybridized carbons (Fsp3) is 0. The molecule has 2 aromatic carbocycles. The van der Waals surface area contributed by atoms with Gasteiger partial charge in [0.1, 0.15) is 0 Å². The molecule has 0 atom stereocenters. The largest absolute Gasteiger partial charge is 2.00 e. The second-order valence-electron chi connectivity index (χ2n) is 2.63. The molecule has 0 aliphatic heterocycles. The van der Waals surface area contributed by atoms with Crippen molar-refractivity contribution in [1.29, 1.82) is 0 Å². The Morgan fingerprint density at radius 2 is 0.588 bits per heavy atom. The maximum atomic E-state index is 10.2. The van der Waals surface area contributed by atoms with E-state index in [0.29, 0.717) is 0 Å². The van der Waals surface area contributed by atoms with Gasteiger partial charge in [0, 0.05) is 0 Å². The molecule has 0 amide bonds. The Morgan fingerprint density at radius 1 is 0.471 bits per heavy atom. The average molecular weight is 352 g/mol. The monoisotopic (exact) mass is 351 g/mol. The smallest absolute Gasteiger partial charge is 0.777 e. The minimum Gasteiger partial charge on any atom is -0.777 e. The molecule has 0 spiro atoms. The van der Waals surface area contributed by atoms with Crippen LogP contribution in [0.4, 0.5) is 0 Å². The molecule has 2 aromatic rings. The molecule has 0 aliphatic carbocycles. The van der Waals surface area contributed by atoms with Crippen LogP contribution >= 0.6 is 0 Å². The predicted octanol–water partition coefficient (Wildman–Crippen LogP) is -1.81. The molecule has 1 radical (unpaired) electrons. The van der Waals surface area contributed by atoms with Gasteiger partial charge in [-0.05, 0) is 0 Å². The van der Waals surface area contributed by atoms with E-state index in [4.69, 9.17) is 0 Å². The van der Waals surface area contributed by atoms with Crippen LogP contribution in [0.2, 0.25) is 0 Å². The summed E-state index contributed by atoms with van der Waals surface area (Å²) in [7, 11) is 0. The molecule has 0 aromatic heterocycles. The standard InChI is InChI=1S/2C4H2O2S2.Cu/c2*5-1-2(6)4(8)3(1)7;/h2*7-8H;/q;;+2/p-4. The number of hydrogen-bond acceptors (Lipinski definition) is 8. The summed E-state index contributed by atoms with van der Waals surface area (Å²) >= 11 is 17.6. The van der Waals surface area contributed by atoms with Crippen molar-refractivity contribution >= 4 is 50.5 Å². The van der Waals surface area contributed by atoms with Crippen LogP contribution in [0.1, 0.15) is 0 Å². The first-order valence-corrected chi connectivity index (χ1v) is 5.27. The van der Waals surface area contributed by atoms with E-state index < -0.39 is 21.7 Å². The van der Waals surface area contributed by atoms with Crippen LogP contribution in [-0.2, 0) is 67.6 Å². The van der Waals surface area contributed by atoms with E-state index in [1.54, 1.807) is 0 Å². The summed E-state index contributed by atoms with van der Waals surface area (Å²) in [5.74, 6) is 0. The fourth-order valence-electron chi connectivity index (χ4n) is 0.700. The van der Waals surface area contributed by atoms with Crippen LogP contribution in [0.5, 0.6) is 0 Å². The molecule has 0 fully saturated rings. The Labute approximate surface area is 127 Å². The maximum Gasteiger partial charge on any atom is 2.00 e. The molecule has 17 heavy (non-hydrogen) atoms. The van der Waals surface area contributed by atoms with Crippen LogP contribution in [0.25, 0.3) is 0 Å². The second kappa shape index (κ2) is 5.94. The summed E-state index contributed by atoms with van der Waals surface area (Å²) in [6.45, 7) is 0. The maximum absolute atomic E-state index is 10.2. The Kier molecular flexibility index (Phi) is 5.79. The van der Waals surface area contributed by atoms with Crippen molar-refractivity contribution in [2.75, 3.05) is 0 Å². The molecular weight excluding hydrogens is 352 g/mol. The van der Waals surface area contributed by atoms with Crippen molar-refractivity contribution in [2.24, 2.45) is 0 Å². The quantitative estimate of drug-likeness (QED) is 0.312.